The first-order valence-corrected chi connectivity index (χ1v) is 8.89. The number of phenols is 1. The number of nitrogens with one attached hydrogen (secondary N) is 1. The Kier molecular flexibility index (Phi) is 7.91. The van der Waals surface area contributed by atoms with Gasteiger partial charge in [-0.25, -0.2) is 0 Å². The highest BCUT2D eigenvalue weighted by atomic mass is 79.9. The van der Waals surface area contributed by atoms with Crippen LogP contribution in [0.2, 0.25) is 0 Å². The van der Waals surface area contributed by atoms with E-state index in [9.17, 15) is 9.90 Å². The maximum absolute atomic E-state index is 12.2. The second-order valence-corrected chi connectivity index (χ2v) is 6.33. The van der Waals surface area contributed by atoms with E-state index in [-0.39, 0.29) is 17.2 Å². The molecule has 2 aromatic rings. The predicted octanol–water partition coefficient (Wildman–Crippen LogP) is 3.64. The number of aromatic hydroxyl groups is 1. The first kappa shape index (κ1) is 19.4. The van der Waals surface area contributed by atoms with Crippen LogP contribution in [-0.4, -0.2) is 30.8 Å². The van der Waals surface area contributed by atoms with Crippen molar-refractivity contribution < 1.29 is 19.4 Å². The molecular weight excluding hydrogens is 386 g/mol. The molecule has 0 aliphatic carbocycles. The smallest absolute Gasteiger partial charge is 0.255 e. The van der Waals surface area contributed by atoms with Crippen LogP contribution < -0.4 is 5.32 Å². The van der Waals surface area contributed by atoms with E-state index in [2.05, 4.69) is 21.2 Å². The average Bonchev–Trinajstić information content (AvgIpc) is 2.60. The molecule has 5 nitrogen and oxygen atoms in total. The van der Waals surface area contributed by atoms with E-state index in [1.807, 2.05) is 31.2 Å². The molecule has 25 heavy (non-hydrogen) atoms. The summed E-state index contributed by atoms with van der Waals surface area (Å²) in [5, 5.41) is 12.7. The molecule has 0 saturated heterocycles. The molecule has 0 heterocycles. The molecule has 2 N–H and O–H groups in total. The Morgan fingerprint density at radius 3 is 2.64 bits per heavy atom. The van der Waals surface area contributed by atoms with Gasteiger partial charge in [0.05, 0.1) is 25.4 Å². The Hall–Kier alpha value is -1.89. The molecule has 0 aromatic heterocycles. The maximum atomic E-state index is 12.2. The summed E-state index contributed by atoms with van der Waals surface area (Å²) in [5.74, 6) is -0.369. The average molecular weight is 408 g/mol. The zero-order valence-corrected chi connectivity index (χ0v) is 15.7. The van der Waals surface area contributed by atoms with Crippen LogP contribution >= 0.6 is 15.9 Å². The van der Waals surface area contributed by atoms with Gasteiger partial charge in [0, 0.05) is 17.6 Å². The number of phenolic OH excluding ortho intramolecular Hbond substituents is 1. The summed E-state index contributed by atoms with van der Waals surface area (Å²) < 4.78 is 11.5. The van der Waals surface area contributed by atoms with Gasteiger partial charge in [-0.1, -0.05) is 40.2 Å². The number of ether oxygens (including phenoxy) is 2. The van der Waals surface area contributed by atoms with E-state index in [1.54, 1.807) is 12.1 Å². The van der Waals surface area contributed by atoms with Crippen molar-refractivity contribution in [2.75, 3.05) is 19.8 Å². The van der Waals surface area contributed by atoms with Crippen molar-refractivity contribution in [2.45, 2.75) is 20.1 Å². The van der Waals surface area contributed by atoms with E-state index < -0.39 is 0 Å². The van der Waals surface area contributed by atoms with Gasteiger partial charge in [0.1, 0.15) is 5.75 Å². The first-order chi connectivity index (χ1) is 12.1. The molecule has 0 spiro atoms. The Bertz CT molecular complexity index is 706. The normalized spacial score (nSPS) is 10.6. The number of carbonyl (C=O) groups is 1. The monoisotopic (exact) mass is 407 g/mol. The first-order valence-electron chi connectivity index (χ1n) is 8.10. The van der Waals surface area contributed by atoms with Gasteiger partial charge in [0.25, 0.3) is 5.91 Å². The van der Waals surface area contributed by atoms with Crippen molar-refractivity contribution in [3.05, 3.63) is 63.6 Å². The standard InChI is InChI=1S/C19H22BrNO4/c1-2-24-8-9-25-13-15-5-3-4-14(10-15)12-21-19(23)17-7-6-16(20)11-18(17)22/h3-7,10-11,22H,2,8-9,12-13H2,1H3,(H,21,23). The van der Waals surface area contributed by atoms with Crippen molar-refractivity contribution >= 4 is 21.8 Å². The van der Waals surface area contributed by atoms with Gasteiger partial charge in [-0.3, -0.25) is 4.79 Å². The minimum atomic E-state index is -0.316. The third-order valence-electron chi connectivity index (χ3n) is 3.49. The number of halogens is 1. The Labute approximate surface area is 156 Å². The summed E-state index contributed by atoms with van der Waals surface area (Å²) in [6.07, 6.45) is 0. The number of hydrogen-bond acceptors (Lipinski definition) is 4. The lowest BCUT2D eigenvalue weighted by Gasteiger charge is -2.09. The number of benzene rings is 2. The van der Waals surface area contributed by atoms with Crippen LogP contribution in [0.15, 0.2) is 46.9 Å². The van der Waals surface area contributed by atoms with Crippen LogP contribution in [0.4, 0.5) is 0 Å². The maximum Gasteiger partial charge on any atom is 0.255 e. The van der Waals surface area contributed by atoms with Crippen molar-refractivity contribution in [1.29, 1.82) is 0 Å². The molecule has 134 valence electrons. The van der Waals surface area contributed by atoms with Crippen molar-refractivity contribution in [3.63, 3.8) is 0 Å². The van der Waals surface area contributed by atoms with E-state index in [4.69, 9.17) is 9.47 Å². The lowest BCUT2D eigenvalue weighted by Crippen LogP contribution is -2.22. The van der Waals surface area contributed by atoms with Crippen LogP contribution in [0.1, 0.15) is 28.4 Å². The van der Waals surface area contributed by atoms with Crippen LogP contribution in [0.3, 0.4) is 0 Å². The lowest BCUT2D eigenvalue weighted by molar-refractivity contribution is 0.0453. The molecule has 6 heteroatoms. The number of rotatable bonds is 9. The fourth-order valence-electron chi connectivity index (χ4n) is 2.26. The molecule has 0 saturated carbocycles. The summed E-state index contributed by atoms with van der Waals surface area (Å²) in [7, 11) is 0. The molecule has 0 radical (unpaired) electrons. The van der Waals surface area contributed by atoms with Crippen LogP contribution in [-0.2, 0) is 22.6 Å². The molecule has 0 atom stereocenters. The molecule has 0 bridgehead atoms. The topological polar surface area (TPSA) is 67.8 Å². The van der Waals surface area contributed by atoms with Crippen molar-refractivity contribution in [2.24, 2.45) is 0 Å². The quantitative estimate of drug-likeness (QED) is 0.622. The van der Waals surface area contributed by atoms with E-state index in [1.165, 1.54) is 6.07 Å². The predicted molar refractivity (Wildman–Crippen MR) is 99.6 cm³/mol. The highest BCUT2D eigenvalue weighted by Gasteiger charge is 2.11. The van der Waals surface area contributed by atoms with Crippen molar-refractivity contribution in [3.8, 4) is 5.75 Å². The Morgan fingerprint density at radius 1 is 1.12 bits per heavy atom. The van der Waals surface area contributed by atoms with Gasteiger partial charge < -0.3 is 19.9 Å². The van der Waals surface area contributed by atoms with Gasteiger partial charge in [0.15, 0.2) is 0 Å². The minimum Gasteiger partial charge on any atom is -0.507 e. The van der Waals surface area contributed by atoms with E-state index >= 15 is 0 Å². The van der Waals surface area contributed by atoms with Crippen LogP contribution in [0.5, 0.6) is 5.75 Å². The fourth-order valence-corrected chi connectivity index (χ4v) is 2.60. The molecule has 2 rings (SSSR count). The fraction of sp³-hybridized carbons (Fsp3) is 0.316. The number of hydrogen-bond donors (Lipinski definition) is 2. The minimum absolute atomic E-state index is 0.0525. The molecule has 0 fully saturated rings. The lowest BCUT2D eigenvalue weighted by atomic mass is 10.1. The Balaban J connectivity index is 1.86. The zero-order valence-electron chi connectivity index (χ0n) is 14.1. The molecule has 0 aliphatic heterocycles. The summed E-state index contributed by atoms with van der Waals surface area (Å²) in [6, 6.07) is 12.6. The molecule has 0 aliphatic rings. The Morgan fingerprint density at radius 2 is 1.88 bits per heavy atom. The van der Waals surface area contributed by atoms with Crippen LogP contribution in [0, 0.1) is 0 Å². The third kappa shape index (κ3) is 6.49. The number of carbonyl (C=O) groups excluding carboxylic acids is 1. The highest BCUT2D eigenvalue weighted by molar-refractivity contribution is 9.10. The van der Waals surface area contributed by atoms with E-state index in [0.717, 1.165) is 15.6 Å². The SMILES string of the molecule is CCOCCOCc1cccc(CNC(=O)c2ccc(Br)cc2O)c1. The summed E-state index contributed by atoms with van der Waals surface area (Å²) in [4.78, 5) is 12.2. The summed E-state index contributed by atoms with van der Waals surface area (Å²) >= 11 is 3.25. The van der Waals surface area contributed by atoms with Gasteiger partial charge in [0.2, 0.25) is 0 Å². The van der Waals surface area contributed by atoms with Gasteiger partial charge >= 0.3 is 0 Å². The van der Waals surface area contributed by atoms with Gasteiger partial charge in [-0.2, -0.15) is 0 Å². The van der Waals surface area contributed by atoms with Crippen molar-refractivity contribution in [1.82, 2.24) is 5.32 Å². The number of amides is 1. The molecule has 2 aromatic carbocycles. The largest absolute Gasteiger partial charge is 0.507 e. The zero-order chi connectivity index (χ0) is 18.1. The van der Waals surface area contributed by atoms with Gasteiger partial charge in [-0.15, -0.1) is 0 Å². The molecule has 0 unspecified atom stereocenters. The molecule has 1 amide bonds. The summed E-state index contributed by atoms with van der Waals surface area (Å²) in [6.45, 7) is 4.66. The van der Waals surface area contributed by atoms with Gasteiger partial charge in [-0.05, 0) is 36.2 Å². The third-order valence-corrected chi connectivity index (χ3v) is 3.99. The second-order valence-electron chi connectivity index (χ2n) is 5.41. The molecular formula is C19H22BrNO4. The van der Waals surface area contributed by atoms with E-state index in [0.29, 0.717) is 33.0 Å². The second kappa shape index (κ2) is 10.2. The van der Waals surface area contributed by atoms with Crippen LogP contribution in [0.25, 0.3) is 0 Å². The summed E-state index contributed by atoms with van der Waals surface area (Å²) in [5.41, 5.74) is 2.25. The highest BCUT2D eigenvalue weighted by Crippen LogP contribution is 2.22.